The van der Waals surface area contributed by atoms with Gasteiger partial charge in [0, 0.05) is 13.1 Å². The number of hydrogen-bond acceptors (Lipinski definition) is 2. The molecule has 0 aliphatic heterocycles. The molecule has 0 rings (SSSR count). The molecule has 0 bridgehead atoms. The topological polar surface area (TPSA) is 27.0 Å². The van der Waals surface area contributed by atoms with E-state index in [1.54, 1.807) is 0 Å². The zero-order valence-corrected chi connectivity index (χ0v) is 6.89. The highest BCUT2D eigenvalue weighted by Crippen LogP contribution is 2.00. The van der Waals surface area contributed by atoms with Crippen molar-refractivity contribution in [3.05, 3.63) is 11.8 Å². The van der Waals surface area contributed by atoms with Crippen LogP contribution >= 0.6 is 0 Å². The van der Waals surface area contributed by atoms with Crippen LogP contribution in [0.3, 0.4) is 0 Å². The first-order valence-corrected chi connectivity index (χ1v) is 3.61. The summed E-state index contributed by atoms with van der Waals surface area (Å²) >= 11 is 0. The van der Waals surface area contributed by atoms with E-state index in [9.17, 15) is 0 Å². The smallest absolute Gasteiger partial charge is 0.117 e. The summed E-state index contributed by atoms with van der Waals surface area (Å²) in [7, 11) is 0. The highest BCUT2D eigenvalue weighted by Gasteiger charge is 2.00. The minimum Gasteiger partial charge on any atom is -0.364 e. The third kappa shape index (κ3) is 2.10. The maximum atomic E-state index is 8.60. The quantitative estimate of drug-likeness (QED) is 0.555. The van der Waals surface area contributed by atoms with Gasteiger partial charge in [-0.1, -0.05) is 6.08 Å². The molecule has 0 saturated carbocycles. The van der Waals surface area contributed by atoms with Crippen molar-refractivity contribution in [2.75, 3.05) is 13.1 Å². The maximum absolute atomic E-state index is 8.60. The molecule has 0 aliphatic carbocycles. The summed E-state index contributed by atoms with van der Waals surface area (Å²) in [4.78, 5) is 2.03. The van der Waals surface area contributed by atoms with Crippen molar-refractivity contribution in [2.24, 2.45) is 0 Å². The molecule has 2 heteroatoms. The molecule has 10 heavy (non-hydrogen) atoms. The average molecular weight is 138 g/mol. The van der Waals surface area contributed by atoms with E-state index in [-0.39, 0.29) is 0 Å². The molecule has 0 amide bonds. The van der Waals surface area contributed by atoms with Gasteiger partial charge in [0.05, 0.1) is 0 Å². The van der Waals surface area contributed by atoms with Crippen LogP contribution in [-0.2, 0) is 0 Å². The highest BCUT2D eigenvalue weighted by atomic mass is 15.1. The number of nitrogens with zero attached hydrogens (tertiary/aromatic N) is 2. The van der Waals surface area contributed by atoms with E-state index in [1.165, 1.54) is 0 Å². The van der Waals surface area contributed by atoms with Crippen LogP contribution in [0.4, 0.5) is 0 Å². The summed E-state index contributed by atoms with van der Waals surface area (Å²) in [5.74, 6) is 0. The molecule has 0 atom stereocenters. The number of rotatable bonds is 3. The van der Waals surface area contributed by atoms with Gasteiger partial charge in [0.2, 0.25) is 0 Å². The molecule has 0 radical (unpaired) electrons. The molecule has 0 fully saturated rings. The Balaban J connectivity index is 4.14. The summed E-state index contributed by atoms with van der Waals surface area (Å²) in [5.41, 5.74) is 0.769. The van der Waals surface area contributed by atoms with Crippen LogP contribution in [0.5, 0.6) is 0 Å². The second-order valence-electron chi connectivity index (χ2n) is 1.96. The van der Waals surface area contributed by atoms with E-state index in [4.69, 9.17) is 5.26 Å². The Labute approximate surface area is 62.8 Å². The first-order chi connectivity index (χ1) is 4.79. The van der Waals surface area contributed by atoms with E-state index < -0.39 is 0 Å². The molecule has 0 N–H and O–H groups in total. The van der Waals surface area contributed by atoms with Gasteiger partial charge in [-0.05, 0) is 20.8 Å². The summed E-state index contributed by atoms with van der Waals surface area (Å²) < 4.78 is 0. The Kier molecular flexibility index (Phi) is 4.39. The molecule has 0 aromatic rings. The molecule has 0 unspecified atom stereocenters. The zero-order chi connectivity index (χ0) is 7.98. The van der Waals surface area contributed by atoms with Gasteiger partial charge in [-0.15, -0.1) is 0 Å². The van der Waals surface area contributed by atoms with E-state index in [0.29, 0.717) is 0 Å². The van der Waals surface area contributed by atoms with Gasteiger partial charge in [-0.25, -0.2) is 0 Å². The predicted molar refractivity (Wildman–Crippen MR) is 42.3 cm³/mol. The molecule has 2 nitrogen and oxygen atoms in total. The summed E-state index contributed by atoms with van der Waals surface area (Å²) in [5, 5.41) is 8.60. The third-order valence-electron chi connectivity index (χ3n) is 1.49. The Morgan fingerprint density at radius 1 is 1.50 bits per heavy atom. The largest absolute Gasteiger partial charge is 0.364 e. The van der Waals surface area contributed by atoms with Crippen molar-refractivity contribution < 1.29 is 0 Å². The SMILES string of the molecule is C/C=C(/C#N)N(CC)CC. The Bertz CT molecular complexity index is 149. The maximum Gasteiger partial charge on any atom is 0.117 e. The third-order valence-corrected chi connectivity index (χ3v) is 1.49. The normalized spacial score (nSPS) is 10.8. The monoisotopic (exact) mass is 138 g/mol. The van der Waals surface area contributed by atoms with Crippen LogP contribution in [0.2, 0.25) is 0 Å². The summed E-state index contributed by atoms with van der Waals surface area (Å²) in [6, 6.07) is 2.14. The first-order valence-electron chi connectivity index (χ1n) is 3.61. The number of hydrogen-bond donors (Lipinski definition) is 0. The van der Waals surface area contributed by atoms with Crippen LogP contribution < -0.4 is 0 Å². The Morgan fingerprint density at radius 2 is 2.00 bits per heavy atom. The fourth-order valence-electron chi connectivity index (χ4n) is 0.882. The lowest BCUT2D eigenvalue weighted by atomic mass is 10.3. The minimum atomic E-state index is 0.769. The van der Waals surface area contributed by atoms with Gasteiger partial charge in [-0.2, -0.15) is 5.26 Å². The fourth-order valence-corrected chi connectivity index (χ4v) is 0.882. The van der Waals surface area contributed by atoms with Crippen LogP contribution in [0, 0.1) is 11.3 Å². The van der Waals surface area contributed by atoms with Crippen LogP contribution in [0.1, 0.15) is 20.8 Å². The van der Waals surface area contributed by atoms with Crippen molar-refractivity contribution in [2.45, 2.75) is 20.8 Å². The van der Waals surface area contributed by atoms with Crippen molar-refractivity contribution in [3.63, 3.8) is 0 Å². The molecule has 0 aliphatic rings. The van der Waals surface area contributed by atoms with Gasteiger partial charge in [0.1, 0.15) is 11.8 Å². The predicted octanol–water partition coefficient (Wildman–Crippen LogP) is 1.76. The molecule has 0 aromatic heterocycles. The molecule has 56 valence electrons. The van der Waals surface area contributed by atoms with E-state index >= 15 is 0 Å². The Hall–Kier alpha value is -0.970. The lowest BCUT2D eigenvalue weighted by Crippen LogP contribution is -2.20. The standard InChI is InChI=1S/C8H14N2/c1-4-8(7-9)10(5-2)6-3/h4H,5-6H2,1-3H3/b8-4-. The van der Waals surface area contributed by atoms with Crippen molar-refractivity contribution in [1.82, 2.24) is 4.90 Å². The Morgan fingerprint density at radius 3 is 2.10 bits per heavy atom. The van der Waals surface area contributed by atoms with E-state index in [1.807, 2.05) is 31.7 Å². The van der Waals surface area contributed by atoms with Gasteiger partial charge in [-0.3, -0.25) is 0 Å². The van der Waals surface area contributed by atoms with Crippen molar-refractivity contribution in [1.29, 1.82) is 5.26 Å². The van der Waals surface area contributed by atoms with Crippen molar-refractivity contribution >= 4 is 0 Å². The van der Waals surface area contributed by atoms with Gasteiger partial charge in [0.15, 0.2) is 0 Å². The van der Waals surface area contributed by atoms with E-state index in [0.717, 1.165) is 18.8 Å². The average Bonchev–Trinajstić information content (AvgIpc) is 2.00. The highest BCUT2D eigenvalue weighted by molar-refractivity contribution is 5.17. The first kappa shape index (κ1) is 9.03. The second-order valence-corrected chi connectivity index (χ2v) is 1.96. The number of allylic oxidation sites excluding steroid dienone is 2. The number of nitriles is 1. The van der Waals surface area contributed by atoms with Crippen LogP contribution in [0.15, 0.2) is 11.8 Å². The molecule has 0 spiro atoms. The van der Waals surface area contributed by atoms with Gasteiger partial charge in [0.25, 0.3) is 0 Å². The molecular formula is C8H14N2. The summed E-state index contributed by atoms with van der Waals surface area (Å²) in [6.07, 6.45) is 1.84. The molecule has 0 heterocycles. The zero-order valence-electron chi connectivity index (χ0n) is 6.89. The van der Waals surface area contributed by atoms with Crippen LogP contribution in [0.25, 0.3) is 0 Å². The molecule has 0 aromatic carbocycles. The summed E-state index contributed by atoms with van der Waals surface area (Å²) in [6.45, 7) is 7.79. The van der Waals surface area contributed by atoms with Gasteiger partial charge >= 0.3 is 0 Å². The van der Waals surface area contributed by atoms with E-state index in [2.05, 4.69) is 6.07 Å². The lowest BCUT2D eigenvalue weighted by Gasteiger charge is -2.18. The fraction of sp³-hybridized carbons (Fsp3) is 0.625. The van der Waals surface area contributed by atoms with Crippen molar-refractivity contribution in [3.8, 4) is 6.07 Å². The van der Waals surface area contributed by atoms with Gasteiger partial charge < -0.3 is 4.90 Å². The lowest BCUT2D eigenvalue weighted by molar-refractivity contribution is 0.396. The minimum absolute atomic E-state index is 0.769. The molecule has 0 saturated heterocycles. The second kappa shape index (κ2) is 4.87. The van der Waals surface area contributed by atoms with Crippen LogP contribution in [-0.4, -0.2) is 18.0 Å². The molecular weight excluding hydrogens is 124 g/mol.